The molecule has 1 fully saturated rings. The van der Waals surface area contributed by atoms with E-state index < -0.39 is 10.0 Å². The normalized spacial score (nSPS) is 15.8. The molecule has 0 atom stereocenters. The topological polar surface area (TPSA) is 78.5 Å². The van der Waals surface area contributed by atoms with Crippen molar-refractivity contribution >= 4 is 27.3 Å². The van der Waals surface area contributed by atoms with Gasteiger partial charge in [0.25, 0.3) is 5.91 Å². The van der Waals surface area contributed by atoms with E-state index in [0.29, 0.717) is 29.9 Å². The fourth-order valence-electron chi connectivity index (χ4n) is 2.96. The van der Waals surface area contributed by atoms with Gasteiger partial charge in [0, 0.05) is 24.3 Å². The van der Waals surface area contributed by atoms with Crippen LogP contribution in [0.3, 0.4) is 0 Å². The van der Waals surface area contributed by atoms with Gasteiger partial charge < -0.3 is 10.6 Å². The van der Waals surface area contributed by atoms with Crippen LogP contribution < -0.4 is 14.9 Å². The van der Waals surface area contributed by atoms with Crippen LogP contribution in [0.1, 0.15) is 29.3 Å². The maximum Gasteiger partial charge on any atom is 0.255 e. The van der Waals surface area contributed by atoms with Crippen molar-refractivity contribution in [2.75, 3.05) is 28.5 Å². The van der Waals surface area contributed by atoms with Gasteiger partial charge in [0.2, 0.25) is 10.0 Å². The summed E-state index contributed by atoms with van der Waals surface area (Å²) in [5.74, 6) is -0.105. The molecule has 0 unspecified atom stereocenters. The van der Waals surface area contributed by atoms with Crippen molar-refractivity contribution in [1.29, 1.82) is 0 Å². The minimum Gasteiger partial charge on any atom is -0.322 e. The maximum atomic E-state index is 12.6. The van der Waals surface area contributed by atoms with Gasteiger partial charge in [-0.3, -0.25) is 9.10 Å². The third-order valence-electron chi connectivity index (χ3n) is 4.26. The van der Waals surface area contributed by atoms with Gasteiger partial charge in [0.05, 0.1) is 11.4 Å². The Bertz CT molecular complexity index is 896. The lowest BCUT2D eigenvalue weighted by Gasteiger charge is -2.17. The molecule has 138 valence electrons. The van der Waals surface area contributed by atoms with Crippen molar-refractivity contribution in [3.8, 4) is 0 Å². The standard InChI is InChI=1S/C19H23N3O3S/c1-2-20-14-15-6-3-8-17(12-15)21-19(23)16-7-4-9-18(13-16)22-10-5-11-26(22,24)25/h3-4,6-9,12-13,20H,2,5,10-11,14H2,1H3,(H,21,23). The quantitative estimate of drug-likeness (QED) is 0.816. The minimum atomic E-state index is -3.26. The van der Waals surface area contributed by atoms with E-state index in [1.807, 2.05) is 31.2 Å². The Morgan fingerprint density at radius 2 is 1.96 bits per heavy atom. The molecule has 0 radical (unpaired) electrons. The summed E-state index contributed by atoms with van der Waals surface area (Å²) in [6, 6.07) is 14.4. The number of nitrogens with one attached hydrogen (secondary N) is 2. The van der Waals surface area contributed by atoms with E-state index in [0.717, 1.165) is 18.7 Å². The van der Waals surface area contributed by atoms with Crippen molar-refractivity contribution in [2.45, 2.75) is 19.9 Å². The van der Waals surface area contributed by atoms with Gasteiger partial charge in [-0.05, 0) is 48.9 Å². The Labute approximate surface area is 154 Å². The van der Waals surface area contributed by atoms with Gasteiger partial charge in [0.1, 0.15) is 0 Å². The SMILES string of the molecule is CCNCc1cccc(NC(=O)c2cccc(N3CCCS3(=O)=O)c2)c1. The Morgan fingerprint density at radius 1 is 1.15 bits per heavy atom. The summed E-state index contributed by atoms with van der Waals surface area (Å²) in [4.78, 5) is 12.6. The fourth-order valence-corrected chi connectivity index (χ4v) is 4.52. The van der Waals surface area contributed by atoms with Crippen molar-refractivity contribution in [1.82, 2.24) is 5.32 Å². The largest absolute Gasteiger partial charge is 0.322 e. The van der Waals surface area contributed by atoms with E-state index in [-0.39, 0.29) is 11.7 Å². The predicted octanol–water partition coefficient (Wildman–Crippen LogP) is 2.59. The van der Waals surface area contributed by atoms with Gasteiger partial charge in [-0.1, -0.05) is 25.1 Å². The van der Waals surface area contributed by atoms with Crippen LogP contribution in [0.2, 0.25) is 0 Å². The molecule has 1 aliphatic heterocycles. The molecule has 3 rings (SSSR count). The number of sulfonamides is 1. The molecule has 0 spiro atoms. The van der Waals surface area contributed by atoms with E-state index >= 15 is 0 Å². The molecular weight excluding hydrogens is 350 g/mol. The zero-order valence-electron chi connectivity index (χ0n) is 14.7. The highest BCUT2D eigenvalue weighted by Crippen LogP contribution is 2.25. The zero-order valence-corrected chi connectivity index (χ0v) is 15.6. The number of carbonyl (C=O) groups excluding carboxylic acids is 1. The van der Waals surface area contributed by atoms with Crippen LogP contribution in [0, 0.1) is 0 Å². The van der Waals surface area contributed by atoms with E-state index in [2.05, 4.69) is 10.6 Å². The number of carbonyl (C=O) groups is 1. The smallest absolute Gasteiger partial charge is 0.255 e. The van der Waals surface area contributed by atoms with Crippen LogP contribution in [0.4, 0.5) is 11.4 Å². The number of benzene rings is 2. The van der Waals surface area contributed by atoms with Gasteiger partial charge in [-0.2, -0.15) is 0 Å². The molecule has 2 aromatic carbocycles. The van der Waals surface area contributed by atoms with Gasteiger partial charge in [-0.15, -0.1) is 0 Å². The third-order valence-corrected chi connectivity index (χ3v) is 6.13. The number of anilines is 2. The lowest BCUT2D eigenvalue weighted by Crippen LogP contribution is -2.25. The van der Waals surface area contributed by atoms with Gasteiger partial charge in [-0.25, -0.2) is 8.42 Å². The summed E-state index contributed by atoms with van der Waals surface area (Å²) in [5.41, 5.74) is 2.77. The molecule has 0 bridgehead atoms. The molecule has 26 heavy (non-hydrogen) atoms. The average molecular weight is 373 g/mol. The second kappa shape index (κ2) is 7.88. The number of nitrogens with zero attached hydrogens (tertiary/aromatic N) is 1. The van der Waals surface area contributed by atoms with Crippen LogP contribution in [-0.4, -0.2) is 33.2 Å². The molecule has 2 N–H and O–H groups in total. The number of hydrogen-bond acceptors (Lipinski definition) is 4. The van der Waals surface area contributed by atoms with E-state index in [1.165, 1.54) is 4.31 Å². The van der Waals surface area contributed by atoms with Crippen LogP contribution in [0.5, 0.6) is 0 Å². The predicted molar refractivity (Wildman–Crippen MR) is 104 cm³/mol. The highest BCUT2D eigenvalue weighted by Gasteiger charge is 2.28. The summed E-state index contributed by atoms with van der Waals surface area (Å²) in [6.07, 6.45) is 0.608. The molecule has 1 heterocycles. The summed E-state index contributed by atoms with van der Waals surface area (Å²) in [6.45, 7) is 4.12. The first-order valence-electron chi connectivity index (χ1n) is 8.71. The lowest BCUT2D eigenvalue weighted by atomic mass is 10.1. The van der Waals surface area contributed by atoms with Crippen LogP contribution in [0.25, 0.3) is 0 Å². The van der Waals surface area contributed by atoms with Gasteiger partial charge >= 0.3 is 0 Å². The molecule has 1 saturated heterocycles. The summed E-state index contributed by atoms with van der Waals surface area (Å²) in [7, 11) is -3.26. The molecule has 7 heteroatoms. The average Bonchev–Trinajstić information content (AvgIpc) is 2.99. The zero-order chi connectivity index (χ0) is 18.6. The molecule has 6 nitrogen and oxygen atoms in total. The molecule has 0 saturated carbocycles. The van der Waals surface area contributed by atoms with E-state index in [4.69, 9.17) is 0 Å². The molecule has 1 aliphatic rings. The first-order chi connectivity index (χ1) is 12.5. The summed E-state index contributed by atoms with van der Waals surface area (Å²) >= 11 is 0. The second-order valence-electron chi connectivity index (χ2n) is 6.23. The maximum absolute atomic E-state index is 12.6. The number of rotatable bonds is 6. The van der Waals surface area contributed by atoms with E-state index in [1.54, 1.807) is 24.3 Å². The first-order valence-corrected chi connectivity index (χ1v) is 10.3. The Morgan fingerprint density at radius 3 is 2.69 bits per heavy atom. The van der Waals surface area contributed by atoms with Crippen molar-refractivity contribution < 1.29 is 13.2 Å². The van der Waals surface area contributed by atoms with Crippen LogP contribution in [0.15, 0.2) is 48.5 Å². The van der Waals surface area contributed by atoms with E-state index in [9.17, 15) is 13.2 Å². The Balaban J connectivity index is 1.75. The van der Waals surface area contributed by atoms with Crippen molar-refractivity contribution in [3.63, 3.8) is 0 Å². The summed E-state index contributed by atoms with van der Waals surface area (Å²) < 4.78 is 25.5. The molecular formula is C19H23N3O3S. The highest BCUT2D eigenvalue weighted by atomic mass is 32.2. The second-order valence-corrected chi connectivity index (χ2v) is 8.24. The molecule has 0 aromatic heterocycles. The lowest BCUT2D eigenvalue weighted by molar-refractivity contribution is 0.102. The van der Waals surface area contributed by atoms with Crippen LogP contribution in [-0.2, 0) is 16.6 Å². The van der Waals surface area contributed by atoms with Crippen molar-refractivity contribution in [2.24, 2.45) is 0 Å². The Kier molecular flexibility index (Phi) is 5.58. The monoisotopic (exact) mass is 373 g/mol. The van der Waals surface area contributed by atoms with Crippen molar-refractivity contribution in [3.05, 3.63) is 59.7 Å². The molecule has 2 aromatic rings. The summed E-state index contributed by atoms with van der Waals surface area (Å²) in [5, 5.41) is 6.13. The molecule has 1 amide bonds. The number of hydrogen-bond donors (Lipinski definition) is 2. The third kappa shape index (κ3) is 4.23. The van der Waals surface area contributed by atoms with Crippen LogP contribution >= 0.6 is 0 Å². The first kappa shape index (κ1) is 18.4. The highest BCUT2D eigenvalue weighted by molar-refractivity contribution is 7.93. The Hall–Kier alpha value is -2.38. The van der Waals surface area contributed by atoms with Gasteiger partial charge in [0.15, 0.2) is 0 Å². The number of amides is 1. The molecule has 0 aliphatic carbocycles. The fraction of sp³-hybridized carbons (Fsp3) is 0.316. The minimum absolute atomic E-state index is 0.155.